The van der Waals surface area contributed by atoms with Crippen molar-refractivity contribution in [2.75, 3.05) is 34.8 Å². The normalized spacial score (nSPS) is 11.8. The largest absolute Gasteiger partial charge is 0.462 e. The fraction of sp³-hybridized carbons (Fsp3) is 0.273. The van der Waals surface area contributed by atoms with Gasteiger partial charge in [0.2, 0.25) is 0 Å². The number of nitrogens with zero attached hydrogens (tertiary/aromatic N) is 3. The molecule has 0 aliphatic rings. The van der Waals surface area contributed by atoms with Crippen molar-refractivity contribution in [3.63, 3.8) is 0 Å². The molecule has 1 heterocycles. The molecule has 0 unspecified atom stereocenters. The van der Waals surface area contributed by atoms with Crippen LogP contribution in [0.3, 0.4) is 0 Å². The molecule has 3 aromatic rings. The van der Waals surface area contributed by atoms with Crippen molar-refractivity contribution in [3.8, 4) is 16.9 Å². The highest BCUT2D eigenvalue weighted by Crippen LogP contribution is 2.53. The number of aromatic nitrogens is 1. The van der Waals surface area contributed by atoms with Crippen molar-refractivity contribution in [2.24, 2.45) is 0 Å². The number of esters is 1. The van der Waals surface area contributed by atoms with Crippen LogP contribution < -0.4 is 4.52 Å². The Morgan fingerprint density at radius 1 is 1.00 bits per heavy atom. The van der Waals surface area contributed by atoms with E-state index in [2.05, 4.69) is 4.98 Å². The Bertz CT molecular complexity index is 1090. The number of pyridine rings is 1. The first kappa shape index (κ1) is 22.0. The highest BCUT2D eigenvalue weighted by molar-refractivity contribution is 7.54. The van der Waals surface area contributed by atoms with Crippen molar-refractivity contribution < 1.29 is 18.6 Å². The summed E-state index contributed by atoms with van der Waals surface area (Å²) in [4.78, 5) is 16.5. The van der Waals surface area contributed by atoms with Crippen LogP contribution in [-0.4, -0.2) is 55.1 Å². The van der Waals surface area contributed by atoms with Gasteiger partial charge in [0.1, 0.15) is 5.75 Å². The van der Waals surface area contributed by atoms with Gasteiger partial charge in [-0.3, -0.25) is 4.98 Å². The SMILES string of the molecule is CCOC(=O)c1ccc(-c2cnc3ccccc3c2OP(=O)(N(C)C)N(C)C)cc1. The summed E-state index contributed by atoms with van der Waals surface area (Å²) in [6.45, 7) is 2.09. The van der Waals surface area contributed by atoms with Crippen LogP contribution in [0, 0.1) is 0 Å². The molecular weight excluding hydrogens is 401 g/mol. The molecule has 0 fully saturated rings. The summed E-state index contributed by atoms with van der Waals surface area (Å²) in [5.41, 5.74) is 2.68. The zero-order chi connectivity index (χ0) is 21.9. The van der Waals surface area contributed by atoms with Gasteiger partial charge >= 0.3 is 13.6 Å². The molecule has 0 bridgehead atoms. The van der Waals surface area contributed by atoms with Crippen LogP contribution >= 0.6 is 7.67 Å². The Morgan fingerprint density at radius 3 is 2.23 bits per heavy atom. The fourth-order valence-corrected chi connectivity index (χ4v) is 4.54. The Labute approximate surface area is 176 Å². The van der Waals surface area contributed by atoms with Crippen LogP contribution in [-0.2, 0) is 9.30 Å². The monoisotopic (exact) mass is 427 g/mol. The van der Waals surface area contributed by atoms with Crippen molar-refractivity contribution in [3.05, 3.63) is 60.3 Å². The maximum absolute atomic E-state index is 13.6. The van der Waals surface area contributed by atoms with Gasteiger partial charge in [0.15, 0.2) is 0 Å². The lowest BCUT2D eigenvalue weighted by atomic mass is 10.0. The number of fused-ring (bicyclic) bond motifs is 1. The molecule has 0 saturated heterocycles. The van der Waals surface area contributed by atoms with Crippen molar-refractivity contribution >= 4 is 24.5 Å². The number of hydrogen-bond donors (Lipinski definition) is 0. The number of carbonyl (C=O) groups excluding carboxylic acids is 1. The number of para-hydroxylation sites is 1. The van der Waals surface area contributed by atoms with Crippen LogP contribution in [0.25, 0.3) is 22.0 Å². The highest BCUT2D eigenvalue weighted by Gasteiger charge is 2.33. The maximum Gasteiger partial charge on any atom is 0.394 e. The Hall–Kier alpha value is -2.73. The van der Waals surface area contributed by atoms with Gasteiger partial charge in [0.25, 0.3) is 0 Å². The van der Waals surface area contributed by atoms with E-state index in [4.69, 9.17) is 9.26 Å². The summed E-state index contributed by atoms with van der Waals surface area (Å²) < 4.78 is 28.0. The van der Waals surface area contributed by atoms with Crippen molar-refractivity contribution in [1.82, 2.24) is 14.3 Å². The molecule has 0 aliphatic heterocycles. The molecule has 8 heteroatoms. The molecule has 158 valence electrons. The Balaban J connectivity index is 2.15. The third-order valence-electron chi connectivity index (χ3n) is 4.65. The van der Waals surface area contributed by atoms with Gasteiger partial charge in [-0.2, -0.15) is 0 Å². The van der Waals surface area contributed by atoms with E-state index in [0.717, 1.165) is 16.5 Å². The zero-order valence-electron chi connectivity index (χ0n) is 17.8. The molecule has 7 nitrogen and oxygen atoms in total. The molecule has 3 rings (SSSR count). The average molecular weight is 427 g/mol. The van der Waals surface area contributed by atoms with E-state index in [1.807, 2.05) is 24.3 Å². The van der Waals surface area contributed by atoms with E-state index in [1.54, 1.807) is 74.9 Å². The molecule has 0 amide bonds. The number of ether oxygens (including phenoxy) is 1. The minimum atomic E-state index is -3.31. The van der Waals surface area contributed by atoms with E-state index >= 15 is 0 Å². The topological polar surface area (TPSA) is 72.0 Å². The van der Waals surface area contributed by atoms with Gasteiger partial charge in [-0.05, 0) is 64.9 Å². The second-order valence-electron chi connectivity index (χ2n) is 7.09. The lowest BCUT2D eigenvalue weighted by Crippen LogP contribution is -2.24. The second kappa shape index (κ2) is 8.96. The number of carbonyl (C=O) groups is 1. The minimum Gasteiger partial charge on any atom is -0.462 e. The summed E-state index contributed by atoms with van der Waals surface area (Å²) in [5.74, 6) is 0.108. The number of benzene rings is 2. The van der Waals surface area contributed by atoms with Crippen LogP contribution in [0.15, 0.2) is 54.7 Å². The van der Waals surface area contributed by atoms with Crippen molar-refractivity contribution in [2.45, 2.75) is 6.92 Å². The number of hydrogen-bond acceptors (Lipinski definition) is 5. The van der Waals surface area contributed by atoms with E-state index < -0.39 is 7.67 Å². The van der Waals surface area contributed by atoms with E-state index in [9.17, 15) is 9.36 Å². The van der Waals surface area contributed by atoms with Gasteiger partial charge in [-0.1, -0.05) is 24.3 Å². The van der Waals surface area contributed by atoms with E-state index in [0.29, 0.717) is 23.5 Å². The molecule has 30 heavy (non-hydrogen) atoms. The van der Waals surface area contributed by atoms with Gasteiger partial charge in [0, 0.05) is 17.1 Å². The molecule has 2 aromatic carbocycles. The van der Waals surface area contributed by atoms with Crippen LogP contribution in [0.2, 0.25) is 0 Å². The van der Waals surface area contributed by atoms with Crippen LogP contribution in [0.5, 0.6) is 5.75 Å². The average Bonchev–Trinajstić information content (AvgIpc) is 2.74. The first-order valence-electron chi connectivity index (χ1n) is 9.58. The van der Waals surface area contributed by atoms with Gasteiger partial charge in [0.05, 0.1) is 17.7 Å². The quantitative estimate of drug-likeness (QED) is 0.400. The second-order valence-corrected chi connectivity index (χ2v) is 9.86. The molecular formula is C22H26N3O4P. The van der Waals surface area contributed by atoms with E-state index in [-0.39, 0.29) is 5.97 Å². The maximum atomic E-state index is 13.6. The summed E-state index contributed by atoms with van der Waals surface area (Å²) in [6, 6.07) is 14.6. The first-order chi connectivity index (χ1) is 14.3. The zero-order valence-corrected chi connectivity index (χ0v) is 18.7. The molecule has 1 aromatic heterocycles. The van der Waals surface area contributed by atoms with Crippen LogP contribution in [0.1, 0.15) is 17.3 Å². The lowest BCUT2D eigenvalue weighted by Gasteiger charge is -2.30. The summed E-state index contributed by atoms with van der Waals surface area (Å²) in [6.07, 6.45) is 1.70. The highest BCUT2D eigenvalue weighted by atomic mass is 31.2. The molecule has 0 saturated carbocycles. The standard InChI is InChI=1S/C22H26N3O4P/c1-6-28-22(26)17-13-11-16(12-14-17)19-15-23-20-10-8-7-9-18(20)21(19)29-30(27,24(2)3)25(4)5/h7-15H,6H2,1-5H3. The van der Waals surface area contributed by atoms with Gasteiger partial charge in [-0.15, -0.1) is 0 Å². The Kier molecular flexibility index (Phi) is 6.56. The van der Waals surface area contributed by atoms with Crippen LogP contribution in [0.4, 0.5) is 0 Å². The third kappa shape index (κ3) is 4.24. The minimum absolute atomic E-state index is 0.317. The number of rotatable bonds is 7. The predicted octanol–water partition coefficient (Wildman–Crippen LogP) is 4.69. The van der Waals surface area contributed by atoms with Crippen molar-refractivity contribution in [1.29, 1.82) is 0 Å². The van der Waals surface area contributed by atoms with Gasteiger partial charge < -0.3 is 9.26 Å². The molecule has 0 atom stereocenters. The smallest absolute Gasteiger partial charge is 0.394 e. The fourth-order valence-electron chi connectivity index (χ4n) is 3.06. The first-order valence-corrected chi connectivity index (χ1v) is 11.1. The third-order valence-corrected chi connectivity index (χ3v) is 7.10. The van der Waals surface area contributed by atoms with Gasteiger partial charge in [-0.25, -0.2) is 18.7 Å². The molecule has 0 spiro atoms. The molecule has 0 N–H and O–H groups in total. The molecule has 0 aliphatic carbocycles. The Morgan fingerprint density at radius 2 is 1.63 bits per heavy atom. The summed E-state index contributed by atoms with van der Waals surface area (Å²) in [7, 11) is 3.57. The predicted molar refractivity (Wildman–Crippen MR) is 119 cm³/mol. The lowest BCUT2D eigenvalue weighted by molar-refractivity contribution is 0.0526. The van der Waals surface area contributed by atoms with E-state index in [1.165, 1.54) is 0 Å². The molecule has 0 radical (unpaired) electrons. The summed E-state index contributed by atoms with van der Waals surface area (Å²) in [5, 5.41) is 0.758. The summed E-state index contributed by atoms with van der Waals surface area (Å²) >= 11 is 0.